The predicted molar refractivity (Wildman–Crippen MR) is 63.2 cm³/mol. The molecule has 1 rings (SSSR count). The summed E-state index contributed by atoms with van der Waals surface area (Å²) in [4.78, 5) is 19.8. The van der Waals surface area contributed by atoms with Crippen LogP contribution in [0.3, 0.4) is 0 Å². The summed E-state index contributed by atoms with van der Waals surface area (Å²) in [6.45, 7) is 4.28. The first-order valence-corrected chi connectivity index (χ1v) is 6.25. The average Bonchev–Trinajstić information content (AvgIpc) is 2.30. The van der Waals surface area contributed by atoms with Crippen molar-refractivity contribution in [1.82, 2.24) is 9.97 Å². The molecule has 0 saturated carbocycles. The molecule has 1 heterocycles. The highest BCUT2D eigenvalue weighted by Crippen LogP contribution is 2.24. The monoisotopic (exact) mass is 240 g/mol. The number of rotatable bonds is 6. The van der Waals surface area contributed by atoms with Gasteiger partial charge in [0.1, 0.15) is 10.3 Å². The molecule has 0 aliphatic heterocycles. The zero-order valence-electron chi connectivity index (χ0n) is 9.55. The number of carbonyl (C=O) groups excluding carboxylic acids is 1. The highest BCUT2D eigenvalue weighted by molar-refractivity contribution is 8.00. The summed E-state index contributed by atoms with van der Waals surface area (Å²) in [5.74, 6) is -0.167. The topological polar surface area (TPSA) is 52.1 Å². The van der Waals surface area contributed by atoms with Crippen molar-refractivity contribution < 1.29 is 9.53 Å². The number of hydrogen-bond donors (Lipinski definition) is 0. The Morgan fingerprint density at radius 3 is 2.88 bits per heavy atom. The largest absolute Gasteiger partial charge is 0.465 e. The lowest BCUT2D eigenvalue weighted by Gasteiger charge is -2.13. The van der Waals surface area contributed by atoms with Crippen LogP contribution >= 0.6 is 11.8 Å². The number of nitrogens with zero attached hydrogens (tertiary/aromatic N) is 2. The molecule has 0 radical (unpaired) electrons. The van der Waals surface area contributed by atoms with E-state index in [1.54, 1.807) is 18.6 Å². The highest BCUT2D eigenvalue weighted by Gasteiger charge is 2.20. The Labute approximate surface area is 99.8 Å². The molecular formula is C11H16N2O2S. The second-order valence-corrected chi connectivity index (χ2v) is 4.41. The van der Waals surface area contributed by atoms with Crippen LogP contribution in [0.2, 0.25) is 0 Å². The SMILES string of the molecule is CCCC(Sc1cnccn1)C(=O)OCC. The van der Waals surface area contributed by atoms with Crippen LogP contribution < -0.4 is 0 Å². The predicted octanol–water partition coefficient (Wildman–Crippen LogP) is 2.30. The van der Waals surface area contributed by atoms with Gasteiger partial charge < -0.3 is 4.74 Å². The molecule has 0 amide bonds. The van der Waals surface area contributed by atoms with Gasteiger partial charge in [0, 0.05) is 12.4 Å². The van der Waals surface area contributed by atoms with Gasteiger partial charge >= 0.3 is 5.97 Å². The molecule has 0 fully saturated rings. The van der Waals surface area contributed by atoms with Gasteiger partial charge in [-0.3, -0.25) is 9.78 Å². The quantitative estimate of drug-likeness (QED) is 0.564. The van der Waals surface area contributed by atoms with Crippen LogP contribution in [-0.2, 0) is 9.53 Å². The standard InChI is InChI=1S/C11H16N2O2S/c1-3-5-9(11(14)15-4-2)16-10-8-12-6-7-13-10/h6-9H,3-5H2,1-2H3. The molecule has 0 aliphatic rings. The van der Waals surface area contributed by atoms with Crippen molar-refractivity contribution in [2.45, 2.75) is 37.0 Å². The first kappa shape index (κ1) is 13.0. The van der Waals surface area contributed by atoms with E-state index in [-0.39, 0.29) is 11.2 Å². The maximum atomic E-state index is 11.6. The van der Waals surface area contributed by atoms with Crippen LogP contribution in [0.1, 0.15) is 26.7 Å². The lowest BCUT2D eigenvalue weighted by molar-refractivity contribution is -0.142. The smallest absolute Gasteiger partial charge is 0.319 e. The van der Waals surface area contributed by atoms with E-state index in [9.17, 15) is 4.79 Å². The van der Waals surface area contributed by atoms with E-state index < -0.39 is 0 Å². The Morgan fingerprint density at radius 1 is 1.50 bits per heavy atom. The fraction of sp³-hybridized carbons (Fsp3) is 0.545. The van der Waals surface area contributed by atoms with Crippen LogP contribution in [0, 0.1) is 0 Å². The second kappa shape index (κ2) is 7.22. The number of esters is 1. The van der Waals surface area contributed by atoms with E-state index >= 15 is 0 Å². The van der Waals surface area contributed by atoms with E-state index in [1.165, 1.54) is 11.8 Å². The van der Waals surface area contributed by atoms with E-state index in [1.807, 2.05) is 13.8 Å². The molecule has 0 bridgehead atoms. The molecule has 16 heavy (non-hydrogen) atoms. The van der Waals surface area contributed by atoms with E-state index in [0.717, 1.165) is 17.9 Å². The average molecular weight is 240 g/mol. The molecule has 1 aromatic rings. The summed E-state index contributed by atoms with van der Waals surface area (Å²) >= 11 is 1.41. The second-order valence-electron chi connectivity index (χ2n) is 3.19. The minimum absolute atomic E-state index is 0.167. The van der Waals surface area contributed by atoms with Crippen molar-refractivity contribution in [1.29, 1.82) is 0 Å². The van der Waals surface area contributed by atoms with Gasteiger partial charge in [-0.15, -0.1) is 0 Å². The summed E-state index contributed by atoms with van der Waals surface area (Å²) in [7, 11) is 0. The third kappa shape index (κ3) is 4.18. The fourth-order valence-electron chi connectivity index (χ4n) is 1.21. The van der Waals surface area contributed by atoms with Crippen LogP contribution in [0.4, 0.5) is 0 Å². The Morgan fingerprint density at radius 2 is 2.31 bits per heavy atom. The van der Waals surface area contributed by atoms with Crippen LogP contribution in [-0.4, -0.2) is 27.8 Å². The Hall–Kier alpha value is -1.10. The first-order valence-electron chi connectivity index (χ1n) is 5.37. The lowest BCUT2D eigenvalue weighted by atomic mass is 10.2. The van der Waals surface area contributed by atoms with Crippen molar-refractivity contribution in [2.75, 3.05) is 6.61 Å². The molecule has 1 aromatic heterocycles. The summed E-state index contributed by atoms with van der Waals surface area (Å²) in [5.41, 5.74) is 0. The molecular weight excluding hydrogens is 224 g/mol. The third-order valence-electron chi connectivity index (χ3n) is 1.90. The molecule has 5 heteroatoms. The number of aromatic nitrogens is 2. The Bertz CT molecular complexity index is 319. The highest BCUT2D eigenvalue weighted by atomic mass is 32.2. The van der Waals surface area contributed by atoms with E-state index in [2.05, 4.69) is 9.97 Å². The van der Waals surface area contributed by atoms with Crippen LogP contribution in [0.5, 0.6) is 0 Å². The number of thioether (sulfide) groups is 1. The fourth-order valence-corrected chi connectivity index (χ4v) is 2.27. The molecule has 1 atom stereocenters. The van der Waals surface area contributed by atoms with Crippen LogP contribution in [0.15, 0.2) is 23.6 Å². The molecule has 0 N–H and O–H groups in total. The minimum atomic E-state index is -0.179. The van der Waals surface area contributed by atoms with Crippen molar-refractivity contribution in [3.05, 3.63) is 18.6 Å². The summed E-state index contributed by atoms with van der Waals surface area (Å²) in [6, 6.07) is 0. The van der Waals surface area contributed by atoms with E-state index in [4.69, 9.17) is 4.74 Å². The number of carbonyl (C=O) groups is 1. The van der Waals surface area contributed by atoms with Gasteiger partial charge in [0.2, 0.25) is 0 Å². The van der Waals surface area contributed by atoms with Crippen molar-refractivity contribution in [3.63, 3.8) is 0 Å². The van der Waals surface area contributed by atoms with Crippen molar-refractivity contribution in [2.24, 2.45) is 0 Å². The Kier molecular flexibility index (Phi) is 5.85. The zero-order chi connectivity index (χ0) is 11.8. The normalized spacial score (nSPS) is 12.1. The Balaban J connectivity index is 2.60. The van der Waals surface area contributed by atoms with Crippen molar-refractivity contribution >= 4 is 17.7 Å². The minimum Gasteiger partial charge on any atom is -0.465 e. The number of ether oxygens (including phenoxy) is 1. The van der Waals surface area contributed by atoms with Gasteiger partial charge in [0.15, 0.2) is 0 Å². The molecule has 0 spiro atoms. The maximum Gasteiger partial charge on any atom is 0.319 e. The summed E-state index contributed by atoms with van der Waals surface area (Å²) < 4.78 is 5.02. The molecule has 88 valence electrons. The molecule has 0 aliphatic carbocycles. The summed E-state index contributed by atoms with van der Waals surface area (Å²) in [5, 5.41) is 0.579. The molecule has 4 nitrogen and oxygen atoms in total. The van der Waals surface area contributed by atoms with Crippen LogP contribution in [0.25, 0.3) is 0 Å². The molecule has 0 aromatic carbocycles. The zero-order valence-corrected chi connectivity index (χ0v) is 10.4. The van der Waals surface area contributed by atoms with Gasteiger partial charge in [-0.2, -0.15) is 0 Å². The van der Waals surface area contributed by atoms with E-state index in [0.29, 0.717) is 6.61 Å². The number of hydrogen-bond acceptors (Lipinski definition) is 5. The van der Waals surface area contributed by atoms with Gasteiger partial charge in [0.05, 0.1) is 12.8 Å². The molecule has 0 saturated heterocycles. The first-order chi connectivity index (χ1) is 7.77. The van der Waals surface area contributed by atoms with Gasteiger partial charge in [-0.1, -0.05) is 25.1 Å². The maximum absolute atomic E-state index is 11.6. The lowest BCUT2D eigenvalue weighted by Crippen LogP contribution is -2.20. The third-order valence-corrected chi connectivity index (χ3v) is 3.07. The van der Waals surface area contributed by atoms with Crippen molar-refractivity contribution in [3.8, 4) is 0 Å². The molecule has 1 unspecified atom stereocenters. The summed E-state index contributed by atoms with van der Waals surface area (Å²) in [6.07, 6.45) is 6.63. The van der Waals surface area contributed by atoms with Gasteiger partial charge in [0.25, 0.3) is 0 Å². The van der Waals surface area contributed by atoms with Gasteiger partial charge in [-0.25, -0.2) is 4.98 Å². The van der Waals surface area contributed by atoms with Gasteiger partial charge in [-0.05, 0) is 13.3 Å².